The fourth-order valence-electron chi connectivity index (χ4n) is 2.66. The number of hydrogen-bond acceptors (Lipinski definition) is 3. The maximum atomic E-state index is 12.0. The van der Waals surface area contributed by atoms with Crippen molar-refractivity contribution in [2.75, 3.05) is 13.2 Å². The molecule has 3 N–H and O–H groups in total. The van der Waals surface area contributed by atoms with Gasteiger partial charge >= 0.3 is 0 Å². The summed E-state index contributed by atoms with van der Waals surface area (Å²) in [5, 5.41) is 3.96. The van der Waals surface area contributed by atoms with E-state index in [1.54, 1.807) is 12.1 Å². The van der Waals surface area contributed by atoms with E-state index in [0.29, 0.717) is 18.0 Å². The van der Waals surface area contributed by atoms with Crippen LogP contribution >= 0.6 is 11.6 Å². The fraction of sp³-hybridized carbons (Fsp3) is 0.533. The Labute approximate surface area is 124 Å². The molecule has 5 heteroatoms. The van der Waals surface area contributed by atoms with Crippen molar-refractivity contribution in [1.82, 2.24) is 5.32 Å². The maximum absolute atomic E-state index is 12.0. The van der Waals surface area contributed by atoms with Crippen molar-refractivity contribution in [3.63, 3.8) is 0 Å². The Morgan fingerprint density at radius 3 is 2.70 bits per heavy atom. The molecule has 1 aromatic carbocycles. The molecule has 2 atom stereocenters. The van der Waals surface area contributed by atoms with Gasteiger partial charge in [0.1, 0.15) is 5.54 Å². The lowest BCUT2D eigenvalue weighted by Gasteiger charge is -2.32. The Balaban J connectivity index is 2.19. The van der Waals surface area contributed by atoms with Gasteiger partial charge in [-0.05, 0) is 37.0 Å². The van der Waals surface area contributed by atoms with Gasteiger partial charge in [-0.25, -0.2) is 0 Å². The van der Waals surface area contributed by atoms with Gasteiger partial charge in [-0.2, -0.15) is 0 Å². The van der Waals surface area contributed by atoms with Gasteiger partial charge in [0.15, 0.2) is 0 Å². The minimum absolute atomic E-state index is 0.160. The summed E-state index contributed by atoms with van der Waals surface area (Å²) in [5.41, 5.74) is 5.64. The first-order valence-corrected chi connectivity index (χ1v) is 7.39. The lowest BCUT2D eigenvalue weighted by atomic mass is 9.86. The molecule has 20 heavy (non-hydrogen) atoms. The van der Waals surface area contributed by atoms with Crippen LogP contribution in [0.4, 0.5) is 0 Å². The summed E-state index contributed by atoms with van der Waals surface area (Å²) in [7, 11) is 0. The molecule has 0 bridgehead atoms. The highest BCUT2D eigenvalue weighted by Crippen LogP contribution is 2.27. The van der Waals surface area contributed by atoms with Crippen molar-refractivity contribution >= 4 is 17.5 Å². The molecule has 1 fully saturated rings. The molecule has 110 valence electrons. The number of nitrogens with two attached hydrogens (primary N) is 1. The Hall–Kier alpha value is -1.10. The van der Waals surface area contributed by atoms with Crippen LogP contribution in [0.2, 0.25) is 5.02 Å². The van der Waals surface area contributed by atoms with E-state index >= 15 is 0 Å². The van der Waals surface area contributed by atoms with Gasteiger partial charge < -0.3 is 10.5 Å². The Morgan fingerprint density at radius 2 is 2.20 bits per heavy atom. The number of halogens is 1. The molecule has 0 aromatic heterocycles. The molecule has 0 radical (unpaired) electrons. The lowest BCUT2D eigenvalue weighted by molar-refractivity contribution is -0.125. The van der Waals surface area contributed by atoms with Gasteiger partial charge in [0.05, 0.1) is 6.10 Å². The van der Waals surface area contributed by atoms with E-state index in [4.69, 9.17) is 22.1 Å². The van der Waals surface area contributed by atoms with Gasteiger partial charge in [-0.15, -0.1) is 0 Å². The van der Waals surface area contributed by atoms with Crippen LogP contribution in [0.5, 0.6) is 0 Å². The zero-order valence-electron chi connectivity index (χ0n) is 11.7. The number of amides is 1. The predicted octanol–water partition coefficient (Wildman–Crippen LogP) is 2.20. The molecule has 2 unspecified atom stereocenters. The maximum Gasteiger partial charge on any atom is 0.242 e. The second kappa shape index (κ2) is 6.57. The molecule has 2 rings (SSSR count). The van der Waals surface area contributed by atoms with E-state index in [1.807, 2.05) is 19.1 Å². The predicted molar refractivity (Wildman–Crippen MR) is 79.6 cm³/mol. The van der Waals surface area contributed by atoms with Crippen molar-refractivity contribution < 1.29 is 9.53 Å². The van der Waals surface area contributed by atoms with Gasteiger partial charge in [-0.1, -0.05) is 30.7 Å². The van der Waals surface area contributed by atoms with Crippen molar-refractivity contribution in [2.45, 2.75) is 37.8 Å². The third kappa shape index (κ3) is 3.14. The Morgan fingerprint density at radius 1 is 1.50 bits per heavy atom. The number of ether oxygens (including phenoxy) is 1. The van der Waals surface area contributed by atoms with Crippen LogP contribution in [0.25, 0.3) is 0 Å². The van der Waals surface area contributed by atoms with E-state index < -0.39 is 5.54 Å². The summed E-state index contributed by atoms with van der Waals surface area (Å²) in [6.45, 7) is 3.37. The molecule has 1 aliphatic heterocycles. The number of rotatable bonds is 6. The minimum atomic E-state index is -0.865. The van der Waals surface area contributed by atoms with Crippen LogP contribution in [0.3, 0.4) is 0 Å². The third-order valence-corrected chi connectivity index (χ3v) is 4.20. The molecule has 4 nitrogen and oxygen atoms in total. The van der Waals surface area contributed by atoms with Gasteiger partial charge in [0.2, 0.25) is 5.91 Å². The topological polar surface area (TPSA) is 64.3 Å². The molecule has 0 aliphatic carbocycles. The van der Waals surface area contributed by atoms with Crippen molar-refractivity contribution in [3.8, 4) is 0 Å². The van der Waals surface area contributed by atoms with E-state index in [2.05, 4.69) is 5.32 Å². The van der Waals surface area contributed by atoms with Gasteiger partial charge in [0, 0.05) is 18.2 Å². The molecule has 1 aliphatic rings. The summed E-state index contributed by atoms with van der Waals surface area (Å²) in [5.74, 6) is -0.375. The zero-order valence-corrected chi connectivity index (χ0v) is 12.5. The van der Waals surface area contributed by atoms with Crippen LogP contribution in [0, 0.1) is 0 Å². The van der Waals surface area contributed by atoms with E-state index in [9.17, 15) is 4.79 Å². The Kier molecular flexibility index (Phi) is 5.02. The van der Waals surface area contributed by atoms with Crippen molar-refractivity contribution in [2.24, 2.45) is 5.73 Å². The van der Waals surface area contributed by atoms with E-state index in [1.165, 1.54) is 0 Å². The lowest BCUT2D eigenvalue weighted by Crippen LogP contribution is -2.54. The van der Waals surface area contributed by atoms with Gasteiger partial charge in [-0.3, -0.25) is 10.1 Å². The van der Waals surface area contributed by atoms with Crippen LogP contribution < -0.4 is 11.1 Å². The number of hydrogen-bond donors (Lipinski definition) is 2. The first-order valence-electron chi connectivity index (χ1n) is 7.01. The average Bonchev–Trinajstić information content (AvgIpc) is 2.94. The highest BCUT2D eigenvalue weighted by molar-refractivity contribution is 6.30. The average molecular weight is 297 g/mol. The molecule has 1 aromatic rings. The van der Waals surface area contributed by atoms with Crippen LogP contribution in [-0.4, -0.2) is 25.2 Å². The molecule has 0 spiro atoms. The smallest absolute Gasteiger partial charge is 0.242 e. The molecular formula is C15H21ClN2O2. The normalized spacial score (nSPS) is 21.6. The molecule has 0 saturated carbocycles. The Bertz CT molecular complexity index is 457. The van der Waals surface area contributed by atoms with Crippen LogP contribution in [0.15, 0.2) is 24.3 Å². The summed E-state index contributed by atoms with van der Waals surface area (Å²) in [6.07, 6.45) is 2.83. The minimum Gasteiger partial charge on any atom is -0.377 e. The quantitative estimate of drug-likeness (QED) is 0.846. The first-order chi connectivity index (χ1) is 9.58. The van der Waals surface area contributed by atoms with Crippen molar-refractivity contribution in [3.05, 3.63) is 34.9 Å². The largest absolute Gasteiger partial charge is 0.377 e. The number of carbonyl (C=O) groups is 1. The second-order valence-corrected chi connectivity index (χ2v) is 5.58. The SMILES string of the molecule is CCC(NCC1CCCO1)(C(N)=O)c1ccc(Cl)cc1. The van der Waals surface area contributed by atoms with Gasteiger partial charge in [0.25, 0.3) is 0 Å². The highest BCUT2D eigenvalue weighted by Gasteiger charge is 2.37. The number of carbonyl (C=O) groups excluding carboxylic acids is 1. The molecule has 1 amide bonds. The zero-order chi connectivity index (χ0) is 14.6. The molecule has 1 saturated heterocycles. The number of benzene rings is 1. The summed E-state index contributed by atoms with van der Waals surface area (Å²) >= 11 is 5.91. The van der Waals surface area contributed by atoms with Crippen molar-refractivity contribution in [1.29, 1.82) is 0 Å². The summed E-state index contributed by atoms with van der Waals surface area (Å²) < 4.78 is 5.59. The monoisotopic (exact) mass is 296 g/mol. The van der Waals surface area contributed by atoms with E-state index in [-0.39, 0.29) is 12.0 Å². The van der Waals surface area contributed by atoms with Crippen LogP contribution in [-0.2, 0) is 15.1 Å². The number of primary amides is 1. The third-order valence-electron chi connectivity index (χ3n) is 3.94. The number of nitrogens with one attached hydrogen (secondary N) is 1. The van der Waals surface area contributed by atoms with Crippen LogP contribution in [0.1, 0.15) is 31.7 Å². The summed E-state index contributed by atoms with van der Waals surface area (Å²) in [4.78, 5) is 12.0. The molecule has 1 heterocycles. The fourth-order valence-corrected chi connectivity index (χ4v) is 2.79. The molecular weight excluding hydrogens is 276 g/mol. The first kappa shape index (κ1) is 15.3. The standard InChI is InChI=1S/C15H21ClN2O2/c1-2-15(14(17)19,11-5-7-12(16)8-6-11)18-10-13-4-3-9-20-13/h5-8,13,18H,2-4,9-10H2,1H3,(H2,17,19). The van der Waals surface area contributed by atoms with E-state index in [0.717, 1.165) is 25.0 Å². The summed E-state index contributed by atoms with van der Waals surface area (Å²) in [6, 6.07) is 7.24. The highest BCUT2D eigenvalue weighted by atomic mass is 35.5. The second-order valence-electron chi connectivity index (χ2n) is 5.15.